The lowest BCUT2D eigenvalue weighted by Crippen LogP contribution is -2.35. The first-order valence-electron chi connectivity index (χ1n) is 10.6. The van der Waals surface area contributed by atoms with Gasteiger partial charge >= 0.3 is 0 Å². The molecule has 1 aliphatic rings. The van der Waals surface area contributed by atoms with E-state index in [4.69, 9.17) is 38.4 Å². The third-order valence-electron chi connectivity index (χ3n) is 5.09. The second-order valence-corrected chi connectivity index (χ2v) is 8.48. The van der Waals surface area contributed by atoms with Crippen LogP contribution in [-0.2, 0) is 11.3 Å². The van der Waals surface area contributed by atoms with Gasteiger partial charge < -0.3 is 20.5 Å². The van der Waals surface area contributed by atoms with E-state index in [1.807, 2.05) is 30.3 Å². The van der Waals surface area contributed by atoms with E-state index in [-0.39, 0.29) is 0 Å². The summed E-state index contributed by atoms with van der Waals surface area (Å²) in [4.78, 5) is 6.76. The third kappa shape index (κ3) is 6.34. The van der Waals surface area contributed by atoms with E-state index in [0.29, 0.717) is 28.9 Å². The number of rotatable bonds is 8. The first-order chi connectivity index (χ1) is 15.6. The van der Waals surface area contributed by atoms with Gasteiger partial charge in [0, 0.05) is 42.8 Å². The molecule has 3 N–H and O–H groups in total. The highest BCUT2D eigenvalue weighted by Gasteiger charge is 2.13. The van der Waals surface area contributed by atoms with Crippen molar-refractivity contribution >= 4 is 29.0 Å². The molecule has 2 aromatic carbocycles. The van der Waals surface area contributed by atoms with Crippen LogP contribution in [0.2, 0.25) is 10.0 Å². The standard InChI is InChI=1S/C24H26Cl2N4O2/c25-20-11-19(12-21(26)14-20)18-9-17(16-30-5-7-31-8-6-30)10-23(13-18)32-22-1-2-24(29-15-22)28-4-3-27/h1-2,9-15H,3-8,16,27H2,(H,28,29). The molecule has 0 radical (unpaired) electrons. The first-order valence-corrected chi connectivity index (χ1v) is 11.3. The summed E-state index contributed by atoms with van der Waals surface area (Å²) < 4.78 is 11.6. The molecule has 8 heteroatoms. The predicted molar refractivity (Wildman–Crippen MR) is 130 cm³/mol. The SMILES string of the molecule is NCCNc1ccc(Oc2cc(CN3CCOCC3)cc(-c3cc(Cl)cc(Cl)c3)c2)cn1. The van der Waals surface area contributed by atoms with E-state index in [1.165, 1.54) is 0 Å². The maximum Gasteiger partial charge on any atom is 0.145 e. The van der Waals surface area contributed by atoms with Crippen LogP contribution in [0, 0.1) is 0 Å². The number of aromatic nitrogens is 1. The number of halogens is 2. The fourth-order valence-corrected chi connectivity index (χ4v) is 4.12. The summed E-state index contributed by atoms with van der Waals surface area (Å²) in [6.07, 6.45) is 1.70. The van der Waals surface area contributed by atoms with Crippen molar-refractivity contribution < 1.29 is 9.47 Å². The van der Waals surface area contributed by atoms with Crippen molar-refractivity contribution in [2.24, 2.45) is 5.73 Å². The van der Waals surface area contributed by atoms with Gasteiger partial charge in [0.05, 0.1) is 19.4 Å². The van der Waals surface area contributed by atoms with Gasteiger partial charge in [0.15, 0.2) is 0 Å². The topological polar surface area (TPSA) is 72.6 Å². The van der Waals surface area contributed by atoms with E-state index in [1.54, 1.807) is 12.3 Å². The molecule has 4 rings (SSSR count). The van der Waals surface area contributed by atoms with Gasteiger partial charge in [-0.1, -0.05) is 23.2 Å². The molecule has 0 unspecified atom stereocenters. The quantitative estimate of drug-likeness (QED) is 0.477. The fraction of sp³-hybridized carbons (Fsp3) is 0.292. The zero-order chi connectivity index (χ0) is 22.3. The molecule has 32 heavy (non-hydrogen) atoms. The highest BCUT2D eigenvalue weighted by molar-refractivity contribution is 6.35. The summed E-state index contributed by atoms with van der Waals surface area (Å²) in [6.45, 7) is 5.35. The molecule has 0 aliphatic carbocycles. The zero-order valence-corrected chi connectivity index (χ0v) is 19.2. The monoisotopic (exact) mass is 472 g/mol. The number of pyridine rings is 1. The number of nitrogens with two attached hydrogens (primary N) is 1. The van der Waals surface area contributed by atoms with Crippen molar-refractivity contribution in [3.05, 3.63) is 70.3 Å². The molecule has 1 aromatic heterocycles. The number of morpholine rings is 1. The van der Waals surface area contributed by atoms with Crippen LogP contribution in [0.4, 0.5) is 5.82 Å². The lowest BCUT2D eigenvalue weighted by molar-refractivity contribution is 0.0342. The van der Waals surface area contributed by atoms with Crippen molar-refractivity contribution in [2.75, 3.05) is 44.7 Å². The third-order valence-corrected chi connectivity index (χ3v) is 5.53. The van der Waals surface area contributed by atoms with Crippen molar-refractivity contribution in [1.29, 1.82) is 0 Å². The van der Waals surface area contributed by atoms with Gasteiger partial charge in [-0.3, -0.25) is 4.90 Å². The second-order valence-electron chi connectivity index (χ2n) is 7.61. The van der Waals surface area contributed by atoms with E-state index in [9.17, 15) is 0 Å². The Morgan fingerprint density at radius 1 is 0.969 bits per heavy atom. The Morgan fingerprint density at radius 3 is 2.41 bits per heavy atom. The number of nitrogens with zero attached hydrogens (tertiary/aromatic N) is 2. The Labute approximate surface area is 198 Å². The minimum atomic E-state index is 0.548. The molecule has 0 amide bonds. The van der Waals surface area contributed by atoms with Gasteiger partial charge in [0.2, 0.25) is 0 Å². The number of anilines is 1. The lowest BCUT2D eigenvalue weighted by Gasteiger charge is -2.27. The lowest BCUT2D eigenvalue weighted by atomic mass is 10.0. The van der Waals surface area contributed by atoms with Crippen molar-refractivity contribution in [3.63, 3.8) is 0 Å². The van der Waals surface area contributed by atoms with Crippen molar-refractivity contribution in [1.82, 2.24) is 9.88 Å². The van der Waals surface area contributed by atoms with Crippen LogP contribution in [0.25, 0.3) is 11.1 Å². The molecule has 2 heterocycles. The van der Waals surface area contributed by atoms with Crippen LogP contribution in [0.15, 0.2) is 54.7 Å². The van der Waals surface area contributed by atoms with Gasteiger partial charge in [-0.05, 0) is 65.2 Å². The summed E-state index contributed by atoms with van der Waals surface area (Å²) in [7, 11) is 0. The Hall–Kier alpha value is -2.35. The predicted octanol–water partition coefficient (Wildman–Crippen LogP) is 5.05. The average Bonchev–Trinajstić information content (AvgIpc) is 2.78. The zero-order valence-electron chi connectivity index (χ0n) is 17.7. The normalized spacial score (nSPS) is 14.3. The second kappa shape index (κ2) is 11.0. The summed E-state index contributed by atoms with van der Waals surface area (Å²) in [5.74, 6) is 2.14. The molecule has 1 aliphatic heterocycles. The molecule has 0 atom stereocenters. The highest BCUT2D eigenvalue weighted by Crippen LogP contribution is 2.33. The van der Waals surface area contributed by atoms with Gasteiger partial charge in [-0.15, -0.1) is 0 Å². The molecular weight excluding hydrogens is 447 g/mol. The summed E-state index contributed by atoms with van der Waals surface area (Å²) in [6, 6.07) is 15.5. The van der Waals surface area contributed by atoms with Crippen LogP contribution >= 0.6 is 23.2 Å². The number of nitrogens with one attached hydrogen (secondary N) is 1. The molecule has 0 saturated carbocycles. The van der Waals surface area contributed by atoms with Crippen LogP contribution in [0.1, 0.15) is 5.56 Å². The summed E-state index contributed by atoms with van der Waals surface area (Å²) in [5.41, 5.74) is 8.60. The average molecular weight is 473 g/mol. The largest absolute Gasteiger partial charge is 0.456 e. The summed E-state index contributed by atoms with van der Waals surface area (Å²) >= 11 is 12.5. The van der Waals surface area contributed by atoms with E-state index < -0.39 is 0 Å². The van der Waals surface area contributed by atoms with Gasteiger partial charge in [-0.2, -0.15) is 0 Å². The molecule has 168 valence electrons. The van der Waals surface area contributed by atoms with Crippen molar-refractivity contribution in [2.45, 2.75) is 6.54 Å². The Morgan fingerprint density at radius 2 is 1.72 bits per heavy atom. The van der Waals surface area contributed by atoms with E-state index in [0.717, 1.165) is 61.1 Å². The number of hydrogen-bond acceptors (Lipinski definition) is 6. The highest BCUT2D eigenvalue weighted by atomic mass is 35.5. The molecule has 0 spiro atoms. The van der Waals surface area contributed by atoms with E-state index in [2.05, 4.69) is 27.3 Å². The number of hydrogen-bond donors (Lipinski definition) is 2. The maximum atomic E-state index is 6.26. The van der Waals surface area contributed by atoms with Crippen LogP contribution in [0.5, 0.6) is 11.5 Å². The Kier molecular flexibility index (Phi) is 7.84. The molecule has 3 aromatic rings. The molecule has 1 saturated heterocycles. The van der Waals surface area contributed by atoms with Gasteiger partial charge in [-0.25, -0.2) is 4.98 Å². The molecular formula is C24H26Cl2N4O2. The van der Waals surface area contributed by atoms with Gasteiger partial charge in [0.25, 0.3) is 0 Å². The van der Waals surface area contributed by atoms with Crippen molar-refractivity contribution in [3.8, 4) is 22.6 Å². The number of benzene rings is 2. The minimum Gasteiger partial charge on any atom is -0.456 e. The Balaban J connectivity index is 1.61. The smallest absolute Gasteiger partial charge is 0.145 e. The Bertz CT molecular complexity index is 1020. The molecule has 6 nitrogen and oxygen atoms in total. The van der Waals surface area contributed by atoms with Crippen LogP contribution in [0.3, 0.4) is 0 Å². The molecule has 1 fully saturated rings. The van der Waals surface area contributed by atoms with Crippen LogP contribution < -0.4 is 15.8 Å². The molecule has 0 bridgehead atoms. The first kappa shape index (κ1) is 22.8. The van der Waals surface area contributed by atoms with Crippen LogP contribution in [-0.4, -0.2) is 49.3 Å². The van der Waals surface area contributed by atoms with Gasteiger partial charge in [0.1, 0.15) is 17.3 Å². The number of ether oxygens (including phenoxy) is 2. The summed E-state index contributed by atoms with van der Waals surface area (Å²) in [5, 5.41) is 4.34. The minimum absolute atomic E-state index is 0.548. The maximum absolute atomic E-state index is 6.26. The van der Waals surface area contributed by atoms with E-state index >= 15 is 0 Å². The fourth-order valence-electron chi connectivity index (χ4n) is 3.60.